The van der Waals surface area contributed by atoms with E-state index in [0.29, 0.717) is 0 Å². The minimum atomic E-state index is 0.774. The van der Waals surface area contributed by atoms with E-state index in [-0.39, 0.29) is 0 Å². The Kier molecular flexibility index (Phi) is 10.6. The van der Waals surface area contributed by atoms with Crippen LogP contribution < -0.4 is 15.4 Å². The fourth-order valence-corrected chi connectivity index (χ4v) is 2.36. The van der Waals surface area contributed by atoms with Gasteiger partial charge in [0, 0.05) is 33.8 Å². The van der Waals surface area contributed by atoms with Crippen molar-refractivity contribution in [1.82, 2.24) is 15.5 Å². The molecule has 1 rings (SSSR count). The summed E-state index contributed by atoms with van der Waals surface area (Å²) in [4.78, 5) is 6.52. The lowest BCUT2D eigenvalue weighted by Crippen LogP contribution is -2.39. The van der Waals surface area contributed by atoms with E-state index in [1.165, 1.54) is 5.56 Å². The van der Waals surface area contributed by atoms with Crippen LogP contribution in [0.2, 0.25) is 0 Å². The van der Waals surface area contributed by atoms with E-state index in [1.54, 1.807) is 21.3 Å². The first-order valence-electron chi connectivity index (χ1n) is 8.45. The second-order valence-corrected chi connectivity index (χ2v) is 5.64. The molecule has 1 aromatic rings. The fourth-order valence-electron chi connectivity index (χ4n) is 2.36. The lowest BCUT2D eigenvalue weighted by atomic mass is 10.1. The lowest BCUT2D eigenvalue weighted by Gasteiger charge is -2.17. The van der Waals surface area contributed by atoms with E-state index in [0.717, 1.165) is 57.3 Å². The van der Waals surface area contributed by atoms with Gasteiger partial charge in [0.25, 0.3) is 0 Å². The molecule has 0 saturated heterocycles. The van der Waals surface area contributed by atoms with Gasteiger partial charge >= 0.3 is 0 Å². The first-order valence-corrected chi connectivity index (χ1v) is 8.45. The van der Waals surface area contributed by atoms with Gasteiger partial charge in [0.05, 0.1) is 13.7 Å². The number of methoxy groups -OCH3 is 2. The van der Waals surface area contributed by atoms with Gasteiger partial charge in [-0.25, -0.2) is 0 Å². The molecule has 0 aromatic heterocycles. The Balaban J connectivity index is 2.21. The number of likely N-dealkylation sites (N-methyl/N-ethyl adjacent to an activating group) is 1. The summed E-state index contributed by atoms with van der Waals surface area (Å²) < 4.78 is 10.4. The normalized spacial score (nSPS) is 11.6. The molecular weight excluding hydrogens is 304 g/mol. The first-order chi connectivity index (χ1) is 11.7. The number of ether oxygens (including phenoxy) is 2. The maximum Gasteiger partial charge on any atom is 0.190 e. The first kappa shape index (κ1) is 20.3. The van der Waals surface area contributed by atoms with Crippen molar-refractivity contribution in [2.24, 2.45) is 4.99 Å². The summed E-state index contributed by atoms with van der Waals surface area (Å²) >= 11 is 0. The Morgan fingerprint density at radius 3 is 2.58 bits per heavy atom. The van der Waals surface area contributed by atoms with Crippen molar-refractivity contribution in [1.29, 1.82) is 0 Å². The maximum absolute atomic E-state index is 5.37. The number of aliphatic imine (C=N–C) groups is 1. The zero-order chi connectivity index (χ0) is 17.6. The summed E-state index contributed by atoms with van der Waals surface area (Å²) in [6.45, 7) is 4.48. The van der Waals surface area contributed by atoms with Crippen molar-refractivity contribution >= 4 is 5.96 Å². The Bertz CT molecular complexity index is 480. The third kappa shape index (κ3) is 8.17. The van der Waals surface area contributed by atoms with Crippen LogP contribution in [0.25, 0.3) is 0 Å². The molecule has 0 heterocycles. The molecular formula is C18H32N4O2. The standard InChI is InChI=1S/C18H32N4O2/c1-19-18(20-11-7-13-22(2)14-15-23-3)21-12-10-16-8-5-6-9-17(16)24-4/h5-6,8-9H,7,10-15H2,1-4H3,(H2,19,20,21). The van der Waals surface area contributed by atoms with Crippen LogP contribution in [0.3, 0.4) is 0 Å². The Labute approximate surface area is 146 Å². The van der Waals surface area contributed by atoms with Crippen molar-refractivity contribution in [2.75, 3.05) is 61.1 Å². The molecule has 1 aromatic carbocycles. The summed E-state index contributed by atoms with van der Waals surface area (Å²) in [6, 6.07) is 8.10. The minimum absolute atomic E-state index is 0.774. The third-order valence-electron chi connectivity index (χ3n) is 3.79. The molecule has 0 bridgehead atoms. The van der Waals surface area contributed by atoms with Gasteiger partial charge in [-0.15, -0.1) is 0 Å². The number of guanidine groups is 1. The number of hydrogen-bond donors (Lipinski definition) is 2. The van der Waals surface area contributed by atoms with Crippen LogP contribution in [-0.4, -0.2) is 72.0 Å². The van der Waals surface area contributed by atoms with Gasteiger partial charge in [0.2, 0.25) is 0 Å². The van der Waals surface area contributed by atoms with Gasteiger partial charge in [0.15, 0.2) is 5.96 Å². The van der Waals surface area contributed by atoms with Gasteiger partial charge < -0.3 is 25.0 Å². The van der Waals surface area contributed by atoms with Crippen molar-refractivity contribution in [3.05, 3.63) is 29.8 Å². The molecule has 0 aliphatic rings. The summed E-state index contributed by atoms with van der Waals surface area (Å²) in [6.07, 6.45) is 1.96. The van der Waals surface area contributed by atoms with Crippen LogP contribution in [-0.2, 0) is 11.2 Å². The molecule has 0 radical (unpaired) electrons. The molecule has 0 amide bonds. The molecule has 0 aliphatic carbocycles. The summed E-state index contributed by atoms with van der Waals surface area (Å²) in [5.41, 5.74) is 1.20. The van der Waals surface area contributed by atoms with E-state index < -0.39 is 0 Å². The lowest BCUT2D eigenvalue weighted by molar-refractivity contribution is 0.161. The van der Waals surface area contributed by atoms with E-state index in [1.807, 2.05) is 18.2 Å². The molecule has 6 nitrogen and oxygen atoms in total. The summed E-state index contributed by atoms with van der Waals surface area (Å²) in [5.74, 6) is 1.77. The predicted molar refractivity (Wildman–Crippen MR) is 100 cm³/mol. The van der Waals surface area contributed by atoms with Gasteiger partial charge in [-0.1, -0.05) is 18.2 Å². The maximum atomic E-state index is 5.37. The Morgan fingerprint density at radius 1 is 1.12 bits per heavy atom. The van der Waals surface area contributed by atoms with Crippen LogP contribution in [0.1, 0.15) is 12.0 Å². The molecule has 0 spiro atoms. The number of rotatable bonds is 11. The van der Waals surface area contributed by atoms with E-state index >= 15 is 0 Å². The molecule has 0 saturated carbocycles. The Morgan fingerprint density at radius 2 is 1.88 bits per heavy atom. The smallest absolute Gasteiger partial charge is 0.190 e. The molecule has 0 unspecified atom stereocenters. The van der Waals surface area contributed by atoms with Gasteiger partial charge in [-0.2, -0.15) is 0 Å². The predicted octanol–water partition coefficient (Wildman–Crippen LogP) is 1.37. The molecule has 6 heteroatoms. The van der Waals surface area contributed by atoms with Crippen molar-refractivity contribution in [3.8, 4) is 5.75 Å². The third-order valence-corrected chi connectivity index (χ3v) is 3.79. The average Bonchev–Trinajstić information content (AvgIpc) is 2.62. The SMILES string of the molecule is CN=C(NCCCN(C)CCOC)NCCc1ccccc1OC. The summed E-state index contributed by atoms with van der Waals surface area (Å²) in [5, 5.41) is 6.69. The summed E-state index contributed by atoms with van der Waals surface area (Å²) in [7, 11) is 7.34. The van der Waals surface area contributed by atoms with Gasteiger partial charge in [0.1, 0.15) is 5.75 Å². The van der Waals surface area contributed by atoms with Crippen LogP contribution in [0.4, 0.5) is 0 Å². The molecule has 0 atom stereocenters. The van der Waals surface area contributed by atoms with Crippen LogP contribution in [0, 0.1) is 0 Å². The van der Waals surface area contributed by atoms with Crippen LogP contribution >= 0.6 is 0 Å². The number of nitrogens with one attached hydrogen (secondary N) is 2. The van der Waals surface area contributed by atoms with Gasteiger partial charge in [-0.3, -0.25) is 4.99 Å². The second-order valence-electron chi connectivity index (χ2n) is 5.64. The van der Waals surface area contributed by atoms with Crippen molar-refractivity contribution < 1.29 is 9.47 Å². The Hall–Kier alpha value is -1.79. The highest BCUT2D eigenvalue weighted by atomic mass is 16.5. The number of para-hydroxylation sites is 1. The molecule has 0 aliphatic heterocycles. The van der Waals surface area contributed by atoms with Gasteiger partial charge in [-0.05, 0) is 38.1 Å². The topological polar surface area (TPSA) is 58.1 Å². The highest BCUT2D eigenvalue weighted by Crippen LogP contribution is 2.17. The highest BCUT2D eigenvalue weighted by Gasteiger charge is 2.03. The number of nitrogens with zero attached hydrogens (tertiary/aromatic N) is 2. The molecule has 136 valence electrons. The van der Waals surface area contributed by atoms with Crippen molar-refractivity contribution in [3.63, 3.8) is 0 Å². The highest BCUT2D eigenvalue weighted by molar-refractivity contribution is 5.79. The quantitative estimate of drug-likeness (QED) is 0.363. The number of hydrogen-bond acceptors (Lipinski definition) is 4. The zero-order valence-electron chi connectivity index (χ0n) is 15.5. The van der Waals surface area contributed by atoms with E-state index in [4.69, 9.17) is 9.47 Å². The number of benzene rings is 1. The van der Waals surface area contributed by atoms with Crippen molar-refractivity contribution in [2.45, 2.75) is 12.8 Å². The molecule has 0 fully saturated rings. The zero-order valence-corrected chi connectivity index (χ0v) is 15.5. The van der Waals surface area contributed by atoms with E-state index in [9.17, 15) is 0 Å². The van der Waals surface area contributed by atoms with E-state index in [2.05, 4.69) is 33.6 Å². The molecule has 24 heavy (non-hydrogen) atoms. The largest absolute Gasteiger partial charge is 0.496 e. The fraction of sp³-hybridized carbons (Fsp3) is 0.611. The van der Waals surface area contributed by atoms with Crippen LogP contribution in [0.15, 0.2) is 29.3 Å². The van der Waals surface area contributed by atoms with Crippen LogP contribution in [0.5, 0.6) is 5.75 Å². The second kappa shape index (κ2) is 12.6. The average molecular weight is 336 g/mol. The monoisotopic (exact) mass is 336 g/mol. The minimum Gasteiger partial charge on any atom is -0.496 e. The molecule has 2 N–H and O–H groups in total.